The molecule has 0 spiro atoms. The first kappa shape index (κ1) is 18.1. The number of carbonyl (C=O) groups excluding carboxylic acids is 2. The number of benzene rings is 1. The average Bonchev–Trinajstić information content (AvgIpc) is 3.23. The number of rotatable bonds is 4. The molecule has 8 nitrogen and oxygen atoms in total. The van der Waals surface area contributed by atoms with Crippen LogP contribution in [0.3, 0.4) is 0 Å². The van der Waals surface area contributed by atoms with Crippen molar-refractivity contribution in [1.82, 2.24) is 15.2 Å². The maximum absolute atomic E-state index is 12.6. The van der Waals surface area contributed by atoms with Crippen molar-refractivity contribution in [3.05, 3.63) is 47.3 Å². The van der Waals surface area contributed by atoms with Crippen molar-refractivity contribution in [2.75, 3.05) is 18.8 Å². The van der Waals surface area contributed by atoms with Gasteiger partial charge in [0.15, 0.2) is 15.5 Å². The Morgan fingerprint density at radius 2 is 1.77 bits per heavy atom. The van der Waals surface area contributed by atoms with Crippen LogP contribution in [0.1, 0.15) is 28.2 Å². The maximum atomic E-state index is 12.6. The van der Waals surface area contributed by atoms with E-state index in [2.05, 4.69) is 5.16 Å². The molecule has 0 bridgehead atoms. The van der Waals surface area contributed by atoms with E-state index in [0.717, 1.165) is 5.56 Å². The summed E-state index contributed by atoms with van der Waals surface area (Å²) in [6.45, 7) is 4.11. The third kappa shape index (κ3) is 3.62. The van der Waals surface area contributed by atoms with E-state index >= 15 is 0 Å². The zero-order chi connectivity index (χ0) is 18.9. The molecule has 1 aromatic heterocycles. The molecule has 0 unspecified atom stereocenters. The molecule has 2 amide bonds. The van der Waals surface area contributed by atoms with E-state index in [4.69, 9.17) is 4.52 Å². The van der Waals surface area contributed by atoms with Gasteiger partial charge in [0.2, 0.25) is 0 Å². The number of aryl methyl sites for hydroxylation is 2. The zero-order valence-electron chi connectivity index (χ0n) is 14.5. The van der Waals surface area contributed by atoms with Crippen molar-refractivity contribution in [3.8, 4) is 0 Å². The lowest BCUT2D eigenvalue weighted by Crippen LogP contribution is -2.47. The third-order valence-corrected chi connectivity index (χ3v) is 5.71. The van der Waals surface area contributed by atoms with Gasteiger partial charge in [0.25, 0.3) is 11.8 Å². The summed E-state index contributed by atoms with van der Waals surface area (Å²) in [6, 6.07) is 7.78. The number of sulfone groups is 1. The number of amides is 2. The molecule has 0 N–H and O–H groups in total. The second kappa shape index (κ2) is 6.91. The Morgan fingerprint density at radius 1 is 1.12 bits per heavy atom. The SMILES string of the molecule is Cc1ccc(S(=O)(=O)CC(=O)N2CCCN2C(=O)c2cc(C)on2)cc1. The van der Waals surface area contributed by atoms with E-state index in [1.165, 1.54) is 28.2 Å². The quantitative estimate of drug-likeness (QED) is 0.797. The van der Waals surface area contributed by atoms with Gasteiger partial charge in [-0.3, -0.25) is 14.6 Å². The summed E-state index contributed by atoms with van der Waals surface area (Å²) >= 11 is 0. The summed E-state index contributed by atoms with van der Waals surface area (Å²) < 4.78 is 29.9. The van der Waals surface area contributed by atoms with Crippen molar-refractivity contribution in [1.29, 1.82) is 0 Å². The van der Waals surface area contributed by atoms with Crippen LogP contribution in [0, 0.1) is 13.8 Å². The molecule has 0 radical (unpaired) electrons. The first-order chi connectivity index (χ1) is 12.3. The topological polar surface area (TPSA) is 101 Å². The Morgan fingerprint density at radius 3 is 2.38 bits per heavy atom. The van der Waals surface area contributed by atoms with Gasteiger partial charge in [-0.15, -0.1) is 0 Å². The lowest BCUT2D eigenvalue weighted by molar-refractivity contribution is -0.137. The average molecular weight is 377 g/mol. The predicted molar refractivity (Wildman–Crippen MR) is 91.8 cm³/mol. The van der Waals surface area contributed by atoms with Gasteiger partial charge in [-0.25, -0.2) is 13.4 Å². The van der Waals surface area contributed by atoms with Crippen molar-refractivity contribution >= 4 is 21.7 Å². The molecule has 1 aliphatic rings. The highest BCUT2D eigenvalue weighted by atomic mass is 32.2. The van der Waals surface area contributed by atoms with Crippen LogP contribution in [-0.4, -0.2) is 54.2 Å². The number of hydrogen-bond donors (Lipinski definition) is 0. The number of hydrogen-bond acceptors (Lipinski definition) is 6. The van der Waals surface area contributed by atoms with Gasteiger partial charge < -0.3 is 4.52 Å². The molecule has 0 saturated carbocycles. The minimum Gasteiger partial charge on any atom is -0.361 e. The third-order valence-electron chi connectivity index (χ3n) is 4.09. The Balaban J connectivity index is 1.76. The fraction of sp³-hybridized carbons (Fsp3) is 0.353. The van der Waals surface area contributed by atoms with Crippen molar-refractivity contribution in [3.63, 3.8) is 0 Å². The zero-order valence-corrected chi connectivity index (χ0v) is 15.3. The van der Waals surface area contributed by atoms with Gasteiger partial charge in [-0.05, 0) is 32.4 Å². The van der Waals surface area contributed by atoms with Crippen LogP contribution >= 0.6 is 0 Å². The smallest absolute Gasteiger partial charge is 0.294 e. The highest BCUT2D eigenvalue weighted by molar-refractivity contribution is 7.92. The summed E-state index contributed by atoms with van der Waals surface area (Å²) in [5.74, 6) is -1.35. The van der Waals surface area contributed by atoms with E-state index in [-0.39, 0.29) is 17.1 Å². The highest BCUT2D eigenvalue weighted by Crippen LogP contribution is 2.18. The van der Waals surface area contributed by atoms with Gasteiger partial charge in [-0.2, -0.15) is 0 Å². The van der Waals surface area contributed by atoms with Gasteiger partial charge in [0, 0.05) is 19.2 Å². The fourth-order valence-corrected chi connectivity index (χ4v) is 3.94. The van der Waals surface area contributed by atoms with Crippen LogP contribution in [0.25, 0.3) is 0 Å². The van der Waals surface area contributed by atoms with Crippen LogP contribution < -0.4 is 0 Å². The molecule has 9 heteroatoms. The summed E-state index contributed by atoms with van der Waals surface area (Å²) in [6.07, 6.45) is 0.568. The largest absolute Gasteiger partial charge is 0.361 e. The summed E-state index contributed by atoms with van der Waals surface area (Å²) in [4.78, 5) is 25.2. The second-order valence-corrected chi connectivity index (χ2v) is 8.18. The minimum absolute atomic E-state index is 0.0839. The summed E-state index contributed by atoms with van der Waals surface area (Å²) in [5.41, 5.74) is 1.01. The number of nitrogens with zero attached hydrogens (tertiary/aromatic N) is 3. The minimum atomic E-state index is -3.79. The molecular formula is C17H19N3O5S. The normalized spacial score (nSPS) is 14.7. The molecule has 0 atom stereocenters. The Bertz CT molecular complexity index is 934. The van der Waals surface area contributed by atoms with Crippen LogP contribution in [0.2, 0.25) is 0 Å². The van der Waals surface area contributed by atoms with E-state index in [0.29, 0.717) is 18.7 Å². The molecule has 1 aliphatic heterocycles. The van der Waals surface area contributed by atoms with Gasteiger partial charge in [0.05, 0.1) is 4.90 Å². The maximum Gasteiger partial charge on any atom is 0.294 e. The molecular weight excluding hydrogens is 358 g/mol. The van der Waals surface area contributed by atoms with Gasteiger partial charge >= 0.3 is 0 Å². The van der Waals surface area contributed by atoms with E-state index in [1.54, 1.807) is 19.1 Å². The number of aromatic nitrogens is 1. The summed E-state index contributed by atoms with van der Waals surface area (Å²) in [7, 11) is -3.79. The Labute approximate surface area is 151 Å². The molecule has 1 saturated heterocycles. The Hall–Kier alpha value is -2.68. The number of hydrazine groups is 1. The van der Waals surface area contributed by atoms with E-state index in [1.807, 2.05) is 6.92 Å². The van der Waals surface area contributed by atoms with Crippen molar-refractivity contribution in [2.45, 2.75) is 25.2 Å². The standard InChI is InChI=1S/C17H19N3O5S/c1-12-4-6-14(7-5-12)26(23,24)11-16(21)19-8-3-9-20(19)17(22)15-10-13(2)25-18-15/h4-7,10H,3,8-9,11H2,1-2H3. The molecule has 0 aliphatic carbocycles. The second-order valence-electron chi connectivity index (χ2n) is 6.19. The monoisotopic (exact) mass is 377 g/mol. The van der Waals surface area contributed by atoms with Crippen LogP contribution in [0.5, 0.6) is 0 Å². The molecule has 2 aromatic rings. The molecule has 1 fully saturated rings. The molecule has 2 heterocycles. The fourth-order valence-electron chi connectivity index (χ4n) is 2.75. The van der Waals surface area contributed by atoms with Crippen molar-refractivity contribution in [2.24, 2.45) is 0 Å². The van der Waals surface area contributed by atoms with Crippen molar-refractivity contribution < 1.29 is 22.5 Å². The van der Waals surface area contributed by atoms with Gasteiger partial charge in [-0.1, -0.05) is 22.9 Å². The molecule has 26 heavy (non-hydrogen) atoms. The van der Waals surface area contributed by atoms with E-state index in [9.17, 15) is 18.0 Å². The molecule has 1 aromatic carbocycles. The molecule has 138 valence electrons. The lowest BCUT2D eigenvalue weighted by Gasteiger charge is -2.27. The highest BCUT2D eigenvalue weighted by Gasteiger charge is 2.34. The lowest BCUT2D eigenvalue weighted by atomic mass is 10.2. The number of carbonyl (C=O) groups is 2. The Kier molecular flexibility index (Phi) is 4.82. The first-order valence-electron chi connectivity index (χ1n) is 8.13. The van der Waals surface area contributed by atoms with Crippen LogP contribution in [0.15, 0.2) is 39.8 Å². The van der Waals surface area contributed by atoms with E-state index < -0.39 is 27.4 Å². The van der Waals surface area contributed by atoms with Gasteiger partial charge in [0.1, 0.15) is 11.5 Å². The van der Waals surface area contributed by atoms with Crippen LogP contribution in [0.4, 0.5) is 0 Å². The molecule has 3 rings (SSSR count). The van der Waals surface area contributed by atoms with Crippen LogP contribution in [-0.2, 0) is 14.6 Å². The first-order valence-corrected chi connectivity index (χ1v) is 9.78. The summed E-state index contributed by atoms with van der Waals surface area (Å²) in [5, 5.41) is 6.07. The predicted octanol–water partition coefficient (Wildman–Crippen LogP) is 1.35.